The number of benzene rings is 1. The van der Waals surface area contributed by atoms with Crippen LogP contribution >= 0.6 is 0 Å². The molecule has 0 atom stereocenters. The molecule has 1 aromatic carbocycles. The van der Waals surface area contributed by atoms with Crippen molar-refractivity contribution in [2.45, 2.75) is 32.2 Å². The number of amides is 2. The van der Waals surface area contributed by atoms with Crippen molar-refractivity contribution >= 4 is 17.5 Å². The summed E-state index contributed by atoms with van der Waals surface area (Å²) in [5.41, 5.74) is 1.94. The van der Waals surface area contributed by atoms with Gasteiger partial charge in [0.15, 0.2) is 12.3 Å². The van der Waals surface area contributed by atoms with E-state index in [-0.39, 0.29) is 24.5 Å². The Morgan fingerprint density at radius 2 is 2.10 bits per heavy atom. The molecule has 0 unspecified atom stereocenters. The Morgan fingerprint density at radius 3 is 2.93 bits per heavy atom. The number of rotatable bonds is 6. The predicted octanol–water partition coefficient (Wildman–Crippen LogP) is 1.06. The smallest absolute Gasteiger partial charge is 0.273 e. The SMILES string of the molecule is Cc1c(C(=O)NCCCN2C(=O)COc3ccccc32)nnn1C1CCNCC1. The molecule has 9 heteroatoms. The second kappa shape index (κ2) is 8.60. The lowest BCUT2D eigenvalue weighted by Gasteiger charge is -2.29. The van der Waals surface area contributed by atoms with E-state index in [2.05, 4.69) is 20.9 Å². The molecule has 0 saturated carbocycles. The first kappa shape index (κ1) is 19.4. The van der Waals surface area contributed by atoms with E-state index in [9.17, 15) is 9.59 Å². The number of piperidine rings is 1. The summed E-state index contributed by atoms with van der Waals surface area (Å²) in [5, 5.41) is 14.5. The van der Waals surface area contributed by atoms with Crippen LogP contribution in [0.1, 0.15) is 41.5 Å². The normalized spacial score (nSPS) is 17.0. The van der Waals surface area contributed by atoms with Gasteiger partial charge in [-0.1, -0.05) is 17.3 Å². The number of carbonyl (C=O) groups is 2. The molecule has 1 aromatic heterocycles. The molecular weight excluding hydrogens is 372 g/mol. The van der Waals surface area contributed by atoms with Crippen molar-refractivity contribution in [2.24, 2.45) is 0 Å². The average molecular weight is 398 g/mol. The lowest BCUT2D eigenvalue weighted by molar-refractivity contribution is -0.121. The van der Waals surface area contributed by atoms with E-state index < -0.39 is 0 Å². The van der Waals surface area contributed by atoms with Crippen molar-refractivity contribution in [1.82, 2.24) is 25.6 Å². The summed E-state index contributed by atoms with van der Waals surface area (Å²) in [6.07, 6.45) is 2.61. The Bertz CT molecular complexity index is 890. The minimum absolute atomic E-state index is 0.0440. The summed E-state index contributed by atoms with van der Waals surface area (Å²) < 4.78 is 7.33. The van der Waals surface area contributed by atoms with Gasteiger partial charge in [0.05, 0.1) is 17.4 Å². The van der Waals surface area contributed by atoms with Gasteiger partial charge in [0.1, 0.15) is 5.75 Å². The number of fused-ring (bicyclic) bond motifs is 1. The first-order valence-corrected chi connectivity index (χ1v) is 10.1. The van der Waals surface area contributed by atoms with Crippen LogP contribution in [0.25, 0.3) is 0 Å². The quantitative estimate of drug-likeness (QED) is 0.706. The molecule has 2 aliphatic heterocycles. The van der Waals surface area contributed by atoms with E-state index in [1.807, 2.05) is 35.9 Å². The van der Waals surface area contributed by atoms with E-state index in [0.717, 1.165) is 37.3 Å². The second-order valence-electron chi connectivity index (χ2n) is 7.36. The standard InChI is InChI=1S/C20H26N6O3/c1-14-19(23-24-26(14)15-7-10-21-11-8-15)20(28)22-9-4-12-25-16-5-2-3-6-17(16)29-13-18(25)27/h2-3,5-6,15,21H,4,7-13H2,1H3,(H,22,28). The Balaban J connectivity index is 1.31. The third-order valence-corrected chi connectivity index (χ3v) is 5.45. The van der Waals surface area contributed by atoms with Gasteiger partial charge in [-0.25, -0.2) is 4.68 Å². The van der Waals surface area contributed by atoms with Crippen LogP contribution in [0.2, 0.25) is 0 Å². The fraction of sp³-hybridized carbons (Fsp3) is 0.500. The predicted molar refractivity (Wildman–Crippen MR) is 107 cm³/mol. The van der Waals surface area contributed by atoms with Gasteiger partial charge in [0, 0.05) is 13.1 Å². The molecule has 4 rings (SSSR count). The maximum atomic E-state index is 12.5. The first-order chi connectivity index (χ1) is 14.1. The molecule has 0 aliphatic carbocycles. The molecule has 0 bridgehead atoms. The molecule has 154 valence electrons. The molecule has 3 heterocycles. The molecule has 9 nitrogen and oxygen atoms in total. The Morgan fingerprint density at radius 1 is 1.31 bits per heavy atom. The van der Waals surface area contributed by atoms with Gasteiger partial charge in [-0.15, -0.1) is 5.10 Å². The van der Waals surface area contributed by atoms with Gasteiger partial charge in [-0.05, 0) is 51.4 Å². The van der Waals surface area contributed by atoms with Crippen LogP contribution in [-0.4, -0.2) is 59.6 Å². The molecule has 2 aliphatic rings. The Hall–Kier alpha value is -2.94. The van der Waals surface area contributed by atoms with Crippen LogP contribution in [0.5, 0.6) is 5.75 Å². The van der Waals surface area contributed by atoms with Crippen LogP contribution in [-0.2, 0) is 4.79 Å². The van der Waals surface area contributed by atoms with E-state index in [0.29, 0.717) is 31.0 Å². The average Bonchev–Trinajstić information content (AvgIpc) is 3.14. The lowest BCUT2D eigenvalue weighted by atomic mass is 10.1. The van der Waals surface area contributed by atoms with Crippen molar-refractivity contribution in [1.29, 1.82) is 0 Å². The molecule has 1 fully saturated rings. The van der Waals surface area contributed by atoms with Crippen molar-refractivity contribution in [2.75, 3.05) is 37.7 Å². The summed E-state index contributed by atoms with van der Waals surface area (Å²) in [4.78, 5) is 26.4. The summed E-state index contributed by atoms with van der Waals surface area (Å²) in [6, 6.07) is 7.77. The van der Waals surface area contributed by atoms with Gasteiger partial charge in [0.2, 0.25) is 0 Å². The minimum atomic E-state index is -0.226. The van der Waals surface area contributed by atoms with Crippen LogP contribution in [0, 0.1) is 6.92 Å². The number of anilines is 1. The van der Waals surface area contributed by atoms with Crippen LogP contribution in [0.4, 0.5) is 5.69 Å². The first-order valence-electron chi connectivity index (χ1n) is 10.1. The maximum absolute atomic E-state index is 12.5. The fourth-order valence-corrected chi connectivity index (χ4v) is 3.87. The van der Waals surface area contributed by atoms with Gasteiger partial charge >= 0.3 is 0 Å². The van der Waals surface area contributed by atoms with E-state index in [1.54, 1.807) is 4.90 Å². The van der Waals surface area contributed by atoms with Crippen molar-refractivity contribution < 1.29 is 14.3 Å². The minimum Gasteiger partial charge on any atom is -0.482 e. The highest BCUT2D eigenvalue weighted by molar-refractivity contribution is 5.97. The van der Waals surface area contributed by atoms with E-state index >= 15 is 0 Å². The number of hydrogen-bond donors (Lipinski definition) is 2. The lowest BCUT2D eigenvalue weighted by Crippen LogP contribution is -2.40. The van der Waals surface area contributed by atoms with Gasteiger partial charge in [-0.2, -0.15) is 0 Å². The largest absolute Gasteiger partial charge is 0.482 e. The zero-order valence-electron chi connectivity index (χ0n) is 16.6. The Kier molecular flexibility index (Phi) is 5.75. The van der Waals surface area contributed by atoms with Crippen molar-refractivity contribution in [3.63, 3.8) is 0 Å². The zero-order valence-corrected chi connectivity index (χ0v) is 16.6. The highest BCUT2D eigenvalue weighted by Crippen LogP contribution is 2.31. The maximum Gasteiger partial charge on any atom is 0.273 e. The fourth-order valence-electron chi connectivity index (χ4n) is 3.87. The van der Waals surface area contributed by atoms with E-state index in [4.69, 9.17) is 4.74 Å². The number of hydrogen-bond acceptors (Lipinski definition) is 6. The van der Waals surface area contributed by atoms with Crippen molar-refractivity contribution in [3.8, 4) is 5.75 Å². The van der Waals surface area contributed by atoms with Gasteiger partial charge < -0.3 is 20.3 Å². The van der Waals surface area contributed by atoms with Crippen LogP contribution in [0.15, 0.2) is 24.3 Å². The number of nitrogens with zero attached hydrogens (tertiary/aromatic N) is 4. The molecule has 29 heavy (non-hydrogen) atoms. The number of carbonyl (C=O) groups excluding carboxylic acids is 2. The second-order valence-corrected chi connectivity index (χ2v) is 7.36. The molecule has 0 radical (unpaired) electrons. The summed E-state index contributed by atoms with van der Waals surface area (Å²) >= 11 is 0. The molecule has 2 N–H and O–H groups in total. The molecule has 0 spiro atoms. The highest BCUT2D eigenvalue weighted by atomic mass is 16.5. The third kappa shape index (κ3) is 4.09. The van der Waals surface area contributed by atoms with Gasteiger partial charge in [0.25, 0.3) is 11.8 Å². The summed E-state index contributed by atoms with van der Waals surface area (Å²) in [6.45, 7) is 4.80. The van der Waals surface area contributed by atoms with E-state index in [1.165, 1.54) is 0 Å². The molecular formula is C20H26N6O3. The molecule has 2 aromatic rings. The van der Waals surface area contributed by atoms with Crippen LogP contribution in [0.3, 0.4) is 0 Å². The zero-order chi connectivity index (χ0) is 20.2. The molecule has 2 amide bonds. The van der Waals surface area contributed by atoms with Crippen LogP contribution < -0.4 is 20.3 Å². The number of para-hydroxylation sites is 2. The summed E-state index contributed by atoms with van der Waals surface area (Å²) in [5.74, 6) is 0.411. The topological polar surface area (TPSA) is 101 Å². The van der Waals surface area contributed by atoms with Gasteiger partial charge in [-0.3, -0.25) is 9.59 Å². The Labute approximate surface area is 169 Å². The number of aromatic nitrogens is 3. The number of ether oxygens (including phenoxy) is 1. The number of nitrogens with one attached hydrogen (secondary N) is 2. The van der Waals surface area contributed by atoms with Crippen molar-refractivity contribution in [3.05, 3.63) is 35.7 Å². The molecule has 1 saturated heterocycles. The monoisotopic (exact) mass is 398 g/mol. The third-order valence-electron chi connectivity index (χ3n) is 5.45. The highest BCUT2D eigenvalue weighted by Gasteiger charge is 2.25. The summed E-state index contributed by atoms with van der Waals surface area (Å²) in [7, 11) is 0.